The van der Waals surface area contributed by atoms with Gasteiger partial charge in [0.2, 0.25) is 5.91 Å². The minimum absolute atomic E-state index is 0.189. The van der Waals surface area contributed by atoms with Gasteiger partial charge in [-0.1, -0.05) is 18.2 Å². The molecule has 0 radical (unpaired) electrons. The maximum Gasteiger partial charge on any atom is 0.289 e. The molecule has 2 heterocycles. The van der Waals surface area contributed by atoms with E-state index in [1.54, 1.807) is 17.9 Å². The molecular formula is C22H21F2N3O3. The van der Waals surface area contributed by atoms with Gasteiger partial charge in [0.15, 0.2) is 5.76 Å². The van der Waals surface area contributed by atoms with E-state index >= 15 is 0 Å². The number of carbonyl (C=O) groups is 2. The van der Waals surface area contributed by atoms with Crippen molar-refractivity contribution >= 4 is 28.5 Å². The van der Waals surface area contributed by atoms with Gasteiger partial charge >= 0.3 is 0 Å². The van der Waals surface area contributed by atoms with Crippen LogP contribution in [0.1, 0.15) is 17.5 Å². The zero-order valence-corrected chi connectivity index (χ0v) is 16.4. The molecule has 2 aromatic carbocycles. The molecular weight excluding hydrogens is 392 g/mol. The predicted molar refractivity (Wildman–Crippen MR) is 108 cm³/mol. The van der Waals surface area contributed by atoms with Crippen LogP contribution in [-0.4, -0.2) is 53.8 Å². The number of para-hydroxylation sites is 1. The van der Waals surface area contributed by atoms with Crippen LogP contribution in [-0.2, 0) is 4.79 Å². The fraction of sp³-hybridized carbons (Fsp3) is 0.273. The molecule has 0 aliphatic carbocycles. The van der Waals surface area contributed by atoms with Crippen molar-refractivity contribution in [2.24, 2.45) is 0 Å². The Hall–Kier alpha value is -3.26. The Labute approximate surface area is 172 Å². The van der Waals surface area contributed by atoms with Crippen LogP contribution in [0.2, 0.25) is 0 Å². The van der Waals surface area contributed by atoms with Gasteiger partial charge in [0.25, 0.3) is 5.91 Å². The van der Waals surface area contributed by atoms with E-state index in [9.17, 15) is 18.4 Å². The van der Waals surface area contributed by atoms with Gasteiger partial charge in [0, 0.05) is 37.6 Å². The van der Waals surface area contributed by atoms with Crippen molar-refractivity contribution in [2.75, 3.05) is 31.5 Å². The highest BCUT2D eigenvalue weighted by atomic mass is 19.1. The molecule has 1 aliphatic rings. The first-order valence-corrected chi connectivity index (χ1v) is 9.70. The smallest absolute Gasteiger partial charge is 0.289 e. The van der Waals surface area contributed by atoms with Gasteiger partial charge in [0.05, 0.1) is 11.7 Å². The number of nitrogens with zero attached hydrogens (tertiary/aromatic N) is 2. The molecule has 3 aromatic rings. The second kappa shape index (κ2) is 8.23. The Balaban J connectivity index is 1.35. The van der Waals surface area contributed by atoms with Crippen molar-refractivity contribution in [1.82, 2.24) is 9.80 Å². The Kier molecular flexibility index (Phi) is 5.50. The van der Waals surface area contributed by atoms with E-state index < -0.39 is 23.6 Å². The van der Waals surface area contributed by atoms with Crippen LogP contribution < -0.4 is 5.32 Å². The number of halogens is 2. The van der Waals surface area contributed by atoms with Crippen LogP contribution in [0.15, 0.2) is 52.9 Å². The number of anilines is 1. The molecule has 1 unspecified atom stereocenters. The first-order valence-electron chi connectivity index (χ1n) is 9.70. The molecule has 1 N–H and O–H groups in total. The number of amides is 2. The minimum atomic E-state index is -0.696. The van der Waals surface area contributed by atoms with Crippen LogP contribution in [0.25, 0.3) is 11.0 Å². The van der Waals surface area contributed by atoms with Crippen LogP contribution in [0.3, 0.4) is 0 Å². The average molecular weight is 413 g/mol. The second-order valence-electron chi connectivity index (χ2n) is 7.27. The Morgan fingerprint density at radius 3 is 2.50 bits per heavy atom. The maximum absolute atomic E-state index is 13.8. The van der Waals surface area contributed by atoms with Gasteiger partial charge in [-0.3, -0.25) is 14.5 Å². The van der Waals surface area contributed by atoms with E-state index in [4.69, 9.17) is 4.42 Å². The molecule has 1 aliphatic heterocycles. The minimum Gasteiger partial charge on any atom is -0.451 e. The zero-order chi connectivity index (χ0) is 21.3. The Morgan fingerprint density at radius 1 is 1.03 bits per heavy atom. The van der Waals surface area contributed by atoms with Crippen LogP contribution >= 0.6 is 0 Å². The summed E-state index contributed by atoms with van der Waals surface area (Å²) in [4.78, 5) is 28.8. The number of furan rings is 1. The molecule has 0 saturated carbocycles. The zero-order valence-electron chi connectivity index (χ0n) is 16.4. The molecule has 0 bridgehead atoms. The van der Waals surface area contributed by atoms with Crippen molar-refractivity contribution in [3.63, 3.8) is 0 Å². The normalized spacial score (nSPS) is 15.9. The summed E-state index contributed by atoms with van der Waals surface area (Å²) in [6, 6.07) is 11.5. The molecule has 8 heteroatoms. The molecule has 30 heavy (non-hydrogen) atoms. The summed E-state index contributed by atoms with van der Waals surface area (Å²) in [5.41, 5.74) is 0.472. The number of hydrogen-bond donors (Lipinski definition) is 1. The monoisotopic (exact) mass is 413 g/mol. The Morgan fingerprint density at radius 2 is 1.77 bits per heavy atom. The number of carbonyl (C=O) groups excluding carboxylic acids is 2. The van der Waals surface area contributed by atoms with Gasteiger partial charge in [-0.25, -0.2) is 8.78 Å². The maximum atomic E-state index is 13.8. The summed E-state index contributed by atoms with van der Waals surface area (Å²) in [6.07, 6.45) is 0. The molecule has 2 amide bonds. The predicted octanol–water partition coefficient (Wildman–Crippen LogP) is 3.50. The van der Waals surface area contributed by atoms with E-state index in [2.05, 4.69) is 5.32 Å². The largest absolute Gasteiger partial charge is 0.451 e. The number of fused-ring (bicyclic) bond motifs is 1. The number of piperazine rings is 1. The highest BCUT2D eigenvalue weighted by Crippen LogP contribution is 2.21. The fourth-order valence-electron chi connectivity index (χ4n) is 3.55. The number of rotatable bonds is 4. The molecule has 1 saturated heterocycles. The Bertz CT molecular complexity index is 1060. The summed E-state index contributed by atoms with van der Waals surface area (Å²) in [6.45, 7) is 3.52. The molecule has 1 fully saturated rings. The lowest BCUT2D eigenvalue weighted by molar-refractivity contribution is -0.121. The van der Waals surface area contributed by atoms with E-state index in [0.29, 0.717) is 31.8 Å². The lowest BCUT2D eigenvalue weighted by Crippen LogP contribution is -2.54. The number of nitrogens with one attached hydrogen (secondary N) is 1. The van der Waals surface area contributed by atoms with Gasteiger partial charge in [-0.05, 0) is 31.2 Å². The fourth-order valence-corrected chi connectivity index (χ4v) is 3.55. The van der Waals surface area contributed by atoms with Crippen molar-refractivity contribution in [3.05, 3.63) is 65.9 Å². The second-order valence-corrected chi connectivity index (χ2v) is 7.27. The van der Waals surface area contributed by atoms with Crippen LogP contribution in [0.4, 0.5) is 14.5 Å². The summed E-state index contributed by atoms with van der Waals surface area (Å²) in [7, 11) is 0. The number of benzene rings is 2. The quantitative estimate of drug-likeness (QED) is 0.711. The van der Waals surface area contributed by atoms with Gasteiger partial charge in [-0.2, -0.15) is 0 Å². The molecule has 156 valence electrons. The highest BCUT2D eigenvalue weighted by Gasteiger charge is 2.29. The molecule has 4 rings (SSSR count). The van der Waals surface area contributed by atoms with Gasteiger partial charge < -0.3 is 14.6 Å². The van der Waals surface area contributed by atoms with E-state index in [-0.39, 0.29) is 17.4 Å². The van der Waals surface area contributed by atoms with E-state index in [1.165, 1.54) is 0 Å². The molecule has 1 aromatic heterocycles. The highest BCUT2D eigenvalue weighted by molar-refractivity contribution is 5.96. The summed E-state index contributed by atoms with van der Waals surface area (Å²) in [5, 5.41) is 3.30. The number of hydrogen-bond acceptors (Lipinski definition) is 4. The first-order chi connectivity index (χ1) is 14.4. The van der Waals surface area contributed by atoms with Crippen molar-refractivity contribution < 1.29 is 22.8 Å². The van der Waals surface area contributed by atoms with Crippen molar-refractivity contribution in [1.29, 1.82) is 0 Å². The lowest BCUT2D eigenvalue weighted by Gasteiger charge is -2.37. The third kappa shape index (κ3) is 4.04. The standard InChI is InChI=1S/C22H21F2N3O3/c1-14(21(28)25-18-13-16(23)6-7-17(18)24)26-8-10-27(11-9-26)22(29)20-12-15-4-2-3-5-19(15)30-20/h2-7,12-14H,8-11H2,1H3,(H,25,28). The molecule has 0 spiro atoms. The van der Waals surface area contributed by atoms with Crippen LogP contribution in [0.5, 0.6) is 0 Å². The average Bonchev–Trinajstić information content (AvgIpc) is 3.19. The van der Waals surface area contributed by atoms with Gasteiger partial charge in [-0.15, -0.1) is 0 Å². The van der Waals surface area contributed by atoms with Gasteiger partial charge in [0.1, 0.15) is 17.2 Å². The third-order valence-electron chi connectivity index (χ3n) is 5.35. The SMILES string of the molecule is CC(C(=O)Nc1cc(F)ccc1F)N1CCN(C(=O)c2cc3ccccc3o2)CC1. The first kappa shape index (κ1) is 20.0. The molecule has 1 atom stereocenters. The van der Waals surface area contributed by atoms with Crippen molar-refractivity contribution in [2.45, 2.75) is 13.0 Å². The third-order valence-corrected chi connectivity index (χ3v) is 5.35. The van der Waals surface area contributed by atoms with Crippen molar-refractivity contribution in [3.8, 4) is 0 Å². The summed E-state index contributed by atoms with van der Waals surface area (Å²) >= 11 is 0. The van der Waals surface area contributed by atoms with E-state index in [1.807, 2.05) is 29.2 Å². The lowest BCUT2D eigenvalue weighted by atomic mass is 10.2. The topological polar surface area (TPSA) is 65.8 Å². The van der Waals surface area contributed by atoms with E-state index in [0.717, 1.165) is 23.6 Å². The van der Waals surface area contributed by atoms with Crippen LogP contribution in [0, 0.1) is 11.6 Å². The summed E-state index contributed by atoms with van der Waals surface area (Å²) in [5.74, 6) is -1.66. The summed E-state index contributed by atoms with van der Waals surface area (Å²) < 4.78 is 32.7. The molecule has 6 nitrogen and oxygen atoms in total.